The predicted octanol–water partition coefficient (Wildman–Crippen LogP) is 9.57. The van der Waals surface area contributed by atoms with Gasteiger partial charge in [0.1, 0.15) is 11.5 Å². The molecule has 4 nitrogen and oxygen atoms in total. The van der Waals surface area contributed by atoms with Crippen molar-refractivity contribution < 1.29 is 9.47 Å². The molecule has 1 aromatic heterocycles. The largest absolute Gasteiger partial charge is 0.497 e. The van der Waals surface area contributed by atoms with Crippen LogP contribution in [0.3, 0.4) is 0 Å². The fourth-order valence-electron chi connectivity index (χ4n) is 4.92. The molecule has 0 unspecified atom stereocenters. The summed E-state index contributed by atoms with van der Waals surface area (Å²) < 4.78 is 10.7. The molecule has 0 amide bonds. The number of rotatable bonds is 8. The van der Waals surface area contributed by atoms with Gasteiger partial charge in [-0.2, -0.15) is 0 Å². The lowest BCUT2D eigenvalue weighted by Crippen LogP contribution is -2.09. The molecule has 0 saturated heterocycles. The molecule has 0 spiro atoms. The Labute approximate surface area is 241 Å². The van der Waals surface area contributed by atoms with Crippen LogP contribution >= 0.6 is 0 Å². The van der Waals surface area contributed by atoms with Crippen molar-refractivity contribution in [3.8, 4) is 45.1 Å². The van der Waals surface area contributed by atoms with Crippen molar-refractivity contribution >= 4 is 17.1 Å². The zero-order chi connectivity index (χ0) is 28.0. The van der Waals surface area contributed by atoms with E-state index in [1.807, 2.05) is 60.7 Å². The van der Waals surface area contributed by atoms with E-state index in [9.17, 15) is 0 Å². The number of para-hydroxylation sites is 2. The lowest BCUT2D eigenvalue weighted by atomic mass is 9.99. The minimum absolute atomic E-state index is 0.817. The molecule has 0 atom stereocenters. The van der Waals surface area contributed by atoms with Gasteiger partial charge in [0.2, 0.25) is 0 Å². The van der Waals surface area contributed by atoms with Gasteiger partial charge in [0.25, 0.3) is 0 Å². The molecule has 0 aliphatic rings. The Morgan fingerprint density at radius 1 is 0.415 bits per heavy atom. The quantitative estimate of drug-likeness (QED) is 0.195. The van der Waals surface area contributed by atoms with E-state index >= 15 is 0 Å². The normalized spacial score (nSPS) is 10.7. The molecular weight excluding hydrogens is 504 g/mol. The molecule has 6 aromatic rings. The summed E-state index contributed by atoms with van der Waals surface area (Å²) in [5.74, 6) is 1.63. The highest BCUT2D eigenvalue weighted by Crippen LogP contribution is 2.36. The summed E-state index contributed by atoms with van der Waals surface area (Å²) in [6.07, 6.45) is 0. The minimum Gasteiger partial charge on any atom is -0.497 e. The standard InChI is InChI=1S/C37H30N2O2/c1-40-34-21-15-28(16-22-34)36-25-30(26-37(38-36)29-17-23-35(41-2)24-18-29)27-13-19-33(20-14-27)39(31-9-5-3-6-10-31)32-11-7-4-8-12-32/h3-26H,1-2H3. The Morgan fingerprint density at radius 3 is 1.22 bits per heavy atom. The monoisotopic (exact) mass is 534 g/mol. The summed E-state index contributed by atoms with van der Waals surface area (Å²) in [5.41, 5.74) is 9.36. The van der Waals surface area contributed by atoms with Crippen LogP contribution in [0, 0.1) is 0 Å². The van der Waals surface area contributed by atoms with E-state index in [2.05, 4.69) is 89.8 Å². The van der Waals surface area contributed by atoms with Crippen LogP contribution < -0.4 is 14.4 Å². The molecule has 1 heterocycles. The molecule has 0 fully saturated rings. The van der Waals surface area contributed by atoms with Crippen molar-refractivity contribution in [2.75, 3.05) is 19.1 Å². The highest BCUT2D eigenvalue weighted by molar-refractivity contribution is 5.80. The van der Waals surface area contributed by atoms with Gasteiger partial charge >= 0.3 is 0 Å². The van der Waals surface area contributed by atoms with E-state index in [1.54, 1.807) is 14.2 Å². The van der Waals surface area contributed by atoms with E-state index < -0.39 is 0 Å². The summed E-state index contributed by atoms with van der Waals surface area (Å²) in [6, 6.07) is 49.9. The number of hydrogen-bond donors (Lipinski definition) is 0. The van der Waals surface area contributed by atoms with Gasteiger partial charge in [-0.05, 0) is 108 Å². The van der Waals surface area contributed by atoms with Gasteiger partial charge in [-0.3, -0.25) is 0 Å². The molecule has 4 heteroatoms. The van der Waals surface area contributed by atoms with Gasteiger partial charge in [-0.25, -0.2) is 4.98 Å². The van der Waals surface area contributed by atoms with E-state index in [1.165, 1.54) is 0 Å². The number of hydrogen-bond acceptors (Lipinski definition) is 4. The molecule has 6 rings (SSSR count). The molecule has 41 heavy (non-hydrogen) atoms. The summed E-state index contributed by atoms with van der Waals surface area (Å²) >= 11 is 0. The summed E-state index contributed by atoms with van der Waals surface area (Å²) in [4.78, 5) is 7.31. The van der Waals surface area contributed by atoms with Crippen LogP contribution in [0.15, 0.2) is 146 Å². The first-order valence-corrected chi connectivity index (χ1v) is 13.5. The van der Waals surface area contributed by atoms with Crippen LogP contribution in [0.4, 0.5) is 17.1 Å². The van der Waals surface area contributed by atoms with E-state index in [0.29, 0.717) is 0 Å². The van der Waals surface area contributed by atoms with Crippen molar-refractivity contribution in [3.05, 3.63) is 146 Å². The fourth-order valence-corrected chi connectivity index (χ4v) is 4.92. The molecule has 0 N–H and O–H groups in total. The molecular formula is C37H30N2O2. The molecule has 0 aliphatic heterocycles. The predicted molar refractivity (Wildman–Crippen MR) is 168 cm³/mol. The number of methoxy groups -OCH3 is 2. The van der Waals surface area contributed by atoms with Crippen molar-refractivity contribution in [2.24, 2.45) is 0 Å². The summed E-state index contributed by atoms with van der Waals surface area (Å²) in [7, 11) is 3.35. The minimum atomic E-state index is 0.817. The van der Waals surface area contributed by atoms with Crippen molar-refractivity contribution in [2.45, 2.75) is 0 Å². The first-order chi connectivity index (χ1) is 20.2. The Kier molecular flexibility index (Phi) is 7.46. The Balaban J connectivity index is 1.42. The number of ether oxygens (including phenoxy) is 2. The van der Waals surface area contributed by atoms with Crippen molar-refractivity contribution in [1.29, 1.82) is 0 Å². The van der Waals surface area contributed by atoms with Gasteiger partial charge in [-0.1, -0.05) is 48.5 Å². The highest BCUT2D eigenvalue weighted by Gasteiger charge is 2.14. The molecule has 0 radical (unpaired) electrons. The number of anilines is 3. The number of pyridine rings is 1. The van der Waals surface area contributed by atoms with Crippen molar-refractivity contribution in [1.82, 2.24) is 4.98 Å². The number of benzene rings is 5. The van der Waals surface area contributed by atoms with Crippen LogP contribution in [0.5, 0.6) is 11.5 Å². The zero-order valence-corrected chi connectivity index (χ0v) is 23.1. The molecule has 5 aromatic carbocycles. The molecule has 0 bridgehead atoms. The van der Waals surface area contributed by atoms with Crippen LogP contribution in [0.25, 0.3) is 33.6 Å². The summed E-state index contributed by atoms with van der Waals surface area (Å²) in [6.45, 7) is 0. The van der Waals surface area contributed by atoms with Gasteiger partial charge in [0.15, 0.2) is 0 Å². The second-order valence-electron chi connectivity index (χ2n) is 9.64. The zero-order valence-electron chi connectivity index (χ0n) is 23.1. The second kappa shape index (κ2) is 11.8. The highest BCUT2D eigenvalue weighted by atomic mass is 16.5. The van der Waals surface area contributed by atoms with Gasteiger partial charge < -0.3 is 14.4 Å². The average Bonchev–Trinajstić information content (AvgIpc) is 3.06. The molecule has 0 saturated carbocycles. The van der Waals surface area contributed by atoms with Crippen LogP contribution in [0.2, 0.25) is 0 Å². The topological polar surface area (TPSA) is 34.6 Å². The number of nitrogens with zero attached hydrogens (tertiary/aromatic N) is 2. The fraction of sp³-hybridized carbons (Fsp3) is 0.0541. The average molecular weight is 535 g/mol. The van der Waals surface area contributed by atoms with E-state index in [0.717, 1.165) is 62.2 Å². The third-order valence-corrected chi connectivity index (χ3v) is 7.08. The Hall–Kier alpha value is -5.35. The number of aromatic nitrogens is 1. The Morgan fingerprint density at radius 2 is 0.805 bits per heavy atom. The van der Waals surface area contributed by atoms with E-state index in [-0.39, 0.29) is 0 Å². The van der Waals surface area contributed by atoms with Crippen molar-refractivity contribution in [3.63, 3.8) is 0 Å². The van der Waals surface area contributed by atoms with Gasteiger partial charge in [0, 0.05) is 28.2 Å². The maximum atomic E-state index is 5.37. The first-order valence-electron chi connectivity index (χ1n) is 13.5. The van der Waals surface area contributed by atoms with Crippen LogP contribution in [-0.4, -0.2) is 19.2 Å². The SMILES string of the molecule is COc1ccc(-c2cc(-c3ccc(N(c4ccccc4)c4ccccc4)cc3)cc(-c3ccc(OC)cc3)n2)cc1. The maximum absolute atomic E-state index is 5.37. The lowest BCUT2D eigenvalue weighted by molar-refractivity contribution is 0.415. The molecule has 0 aliphatic carbocycles. The maximum Gasteiger partial charge on any atom is 0.118 e. The third-order valence-electron chi connectivity index (χ3n) is 7.08. The van der Waals surface area contributed by atoms with Gasteiger partial charge in [-0.15, -0.1) is 0 Å². The third kappa shape index (κ3) is 5.68. The van der Waals surface area contributed by atoms with Gasteiger partial charge in [0.05, 0.1) is 25.6 Å². The smallest absolute Gasteiger partial charge is 0.118 e. The summed E-state index contributed by atoms with van der Waals surface area (Å²) in [5, 5.41) is 0. The van der Waals surface area contributed by atoms with Crippen LogP contribution in [0.1, 0.15) is 0 Å². The first kappa shape index (κ1) is 25.9. The lowest BCUT2D eigenvalue weighted by Gasteiger charge is -2.25. The molecule has 200 valence electrons. The Bertz CT molecular complexity index is 1610. The van der Waals surface area contributed by atoms with Crippen LogP contribution in [-0.2, 0) is 0 Å². The second-order valence-corrected chi connectivity index (χ2v) is 9.64. The van der Waals surface area contributed by atoms with E-state index in [4.69, 9.17) is 14.5 Å².